The third-order valence-corrected chi connectivity index (χ3v) is 2.92. The van der Waals surface area contributed by atoms with Gasteiger partial charge < -0.3 is 10.7 Å². The smallest absolute Gasteiger partial charge is 0.0566 e. The van der Waals surface area contributed by atoms with Gasteiger partial charge in [0.05, 0.1) is 15.5 Å². The number of aromatic nitrogens is 2. The van der Waals surface area contributed by atoms with Crippen molar-refractivity contribution < 1.29 is 0 Å². The van der Waals surface area contributed by atoms with Crippen molar-refractivity contribution in [1.29, 1.82) is 5.41 Å². The summed E-state index contributed by atoms with van der Waals surface area (Å²) in [6.45, 7) is 0. The van der Waals surface area contributed by atoms with Crippen LogP contribution in [-0.4, -0.2) is 16.4 Å². The number of H-pyrrole nitrogens is 1. The Hall–Kier alpha value is -1.37. The first-order valence-electron chi connectivity index (χ1n) is 4.35. The van der Waals surface area contributed by atoms with Gasteiger partial charge in [-0.05, 0) is 28.7 Å². The van der Waals surface area contributed by atoms with Gasteiger partial charge in [0.2, 0.25) is 0 Å². The second-order valence-electron chi connectivity index (χ2n) is 2.97. The van der Waals surface area contributed by atoms with Crippen LogP contribution >= 0.6 is 22.6 Å². The van der Waals surface area contributed by atoms with E-state index in [1.165, 1.54) is 6.21 Å². The van der Waals surface area contributed by atoms with Crippen LogP contribution in [0, 0.1) is 5.41 Å². The summed E-state index contributed by atoms with van der Waals surface area (Å²) in [6.07, 6.45) is 10.8. The Labute approximate surface area is 101 Å². The molecular weight excluding hydrogens is 303 g/mol. The molecule has 0 bridgehead atoms. The van der Waals surface area contributed by atoms with Gasteiger partial charge in [0.15, 0.2) is 0 Å². The molecule has 0 amide bonds. The molecule has 2 heterocycles. The van der Waals surface area contributed by atoms with Crippen molar-refractivity contribution >= 4 is 34.4 Å². The molecule has 2 rings (SSSR count). The summed E-state index contributed by atoms with van der Waals surface area (Å²) in [7, 11) is 0. The minimum Gasteiger partial charge on any atom is -0.360 e. The summed E-state index contributed by atoms with van der Waals surface area (Å²) in [6, 6.07) is 0. The van der Waals surface area contributed by atoms with E-state index in [1.807, 2.05) is 24.5 Å². The lowest BCUT2D eigenvalue weighted by molar-refractivity contribution is 1.09. The van der Waals surface area contributed by atoms with Crippen molar-refractivity contribution in [2.24, 2.45) is 0 Å². The Morgan fingerprint density at radius 1 is 1.47 bits per heavy atom. The maximum Gasteiger partial charge on any atom is 0.0566 e. The summed E-state index contributed by atoms with van der Waals surface area (Å²) < 4.78 is 0.881. The molecule has 0 aromatic carbocycles. The zero-order valence-corrected chi connectivity index (χ0v) is 9.95. The Morgan fingerprint density at radius 3 is 2.87 bits per heavy atom. The monoisotopic (exact) mass is 312 g/mol. The quantitative estimate of drug-likeness (QED) is 0.579. The van der Waals surface area contributed by atoms with Crippen molar-refractivity contribution in [3.63, 3.8) is 0 Å². The predicted molar refractivity (Wildman–Crippen MR) is 68.7 cm³/mol. The lowest BCUT2D eigenvalue weighted by Gasteiger charge is -2.10. The zero-order valence-electron chi connectivity index (χ0n) is 7.79. The van der Waals surface area contributed by atoms with Crippen LogP contribution in [-0.2, 0) is 0 Å². The van der Waals surface area contributed by atoms with Crippen LogP contribution in [0.1, 0.15) is 5.56 Å². The second kappa shape index (κ2) is 4.43. The Kier molecular flexibility index (Phi) is 3.00. The highest BCUT2D eigenvalue weighted by molar-refractivity contribution is 14.1. The summed E-state index contributed by atoms with van der Waals surface area (Å²) in [5.41, 5.74) is 3.06. The number of nitrogens with one attached hydrogen (secondary N) is 3. The van der Waals surface area contributed by atoms with Gasteiger partial charge >= 0.3 is 0 Å². The van der Waals surface area contributed by atoms with Crippen molar-refractivity contribution in [1.82, 2.24) is 15.5 Å². The summed E-state index contributed by atoms with van der Waals surface area (Å²) in [5.74, 6) is 0. The molecule has 0 spiro atoms. The van der Waals surface area contributed by atoms with E-state index in [0.29, 0.717) is 0 Å². The Morgan fingerprint density at radius 2 is 2.33 bits per heavy atom. The molecule has 15 heavy (non-hydrogen) atoms. The van der Waals surface area contributed by atoms with E-state index < -0.39 is 0 Å². The summed E-state index contributed by atoms with van der Waals surface area (Å²) >= 11 is 2.12. The maximum absolute atomic E-state index is 7.13. The first-order chi connectivity index (χ1) is 7.31. The first kappa shape index (κ1) is 10.2. The molecule has 0 atom stereocenters. The van der Waals surface area contributed by atoms with Crippen LogP contribution in [0.25, 0.3) is 5.57 Å². The molecule has 1 aromatic rings. The number of hydrogen-bond acceptors (Lipinski definition) is 3. The fraction of sp³-hybridized carbons (Fsp3) is 0. The molecule has 1 aliphatic heterocycles. The minimum atomic E-state index is 0.881. The lowest BCUT2D eigenvalue weighted by Crippen LogP contribution is -2.09. The van der Waals surface area contributed by atoms with Gasteiger partial charge in [0.25, 0.3) is 0 Å². The SMILES string of the molecule is N=C/C(I)=C1/C=CC(c2cn[nH]c2)=CN1. The summed E-state index contributed by atoms with van der Waals surface area (Å²) in [4.78, 5) is 0. The molecule has 76 valence electrons. The van der Waals surface area contributed by atoms with Crippen LogP contribution in [0.5, 0.6) is 0 Å². The van der Waals surface area contributed by atoms with Gasteiger partial charge in [-0.3, -0.25) is 5.10 Å². The molecule has 1 aromatic heterocycles. The maximum atomic E-state index is 7.13. The van der Waals surface area contributed by atoms with Crippen molar-refractivity contribution in [3.8, 4) is 0 Å². The van der Waals surface area contributed by atoms with E-state index >= 15 is 0 Å². The molecule has 1 aliphatic rings. The summed E-state index contributed by atoms with van der Waals surface area (Å²) in [5, 5.41) is 16.9. The average Bonchev–Trinajstić information content (AvgIpc) is 2.82. The topological polar surface area (TPSA) is 64.6 Å². The third kappa shape index (κ3) is 2.17. The number of halogens is 1. The van der Waals surface area contributed by atoms with Crippen LogP contribution in [0.2, 0.25) is 0 Å². The molecule has 3 N–H and O–H groups in total. The standard InChI is InChI=1S/C10H9IN4/c11-9(3-12)10-2-1-7(4-13-10)8-5-14-15-6-8/h1-6,12-13H,(H,14,15)/b10-9+,12-3?. The normalized spacial score (nSPS) is 18.1. The van der Waals surface area contributed by atoms with E-state index in [9.17, 15) is 0 Å². The largest absolute Gasteiger partial charge is 0.360 e. The number of rotatable bonds is 2. The highest BCUT2D eigenvalue weighted by Gasteiger charge is 2.05. The average molecular weight is 312 g/mol. The predicted octanol–water partition coefficient (Wildman–Crippen LogP) is 2.21. The molecule has 0 aliphatic carbocycles. The number of hydrogen-bond donors (Lipinski definition) is 3. The Balaban J connectivity index is 2.22. The second-order valence-corrected chi connectivity index (χ2v) is 4.13. The lowest BCUT2D eigenvalue weighted by atomic mass is 10.1. The number of dihydropyridines is 1. The van der Waals surface area contributed by atoms with Crippen LogP contribution in [0.15, 0.2) is 40.0 Å². The van der Waals surface area contributed by atoms with Gasteiger partial charge in [0, 0.05) is 29.7 Å². The molecule has 0 fully saturated rings. The fourth-order valence-electron chi connectivity index (χ4n) is 1.24. The first-order valence-corrected chi connectivity index (χ1v) is 5.43. The van der Waals surface area contributed by atoms with Crippen molar-refractivity contribution in [2.45, 2.75) is 0 Å². The Bertz CT molecular complexity index is 454. The molecule has 5 heteroatoms. The van der Waals surface area contributed by atoms with Crippen LogP contribution in [0.3, 0.4) is 0 Å². The third-order valence-electron chi connectivity index (χ3n) is 2.03. The highest BCUT2D eigenvalue weighted by Crippen LogP contribution is 2.20. The number of aromatic amines is 1. The molecule has 0 saturated heterocycles. The van der Waals surface area contributed by atoms with Crippen LogP contribution < -0.4 is 5.32 Å². The van der Waals surface area contributed by atoms with Gasteiger partial charge in [-0.15, -0.1) is 0 Å². The minimum absolute atomic E-state index is 0.881. The van der Waals surface area contributed by atoms with Gasteiger partial charge in [0.1, 0.15) is 0 Å². The number of allylic oxidation sites excluding steroid dienone is 4. The zero-order chi connectivity index (χ0) is 10.7. The molecule has 0 unspecified atom stereocenters. The molecule has 0 radical (unpaired) electrons. The van der Waals surface area contributed by atoms with E-state index in [-0.39, 0.29) is 0 Å². The van der Waals surface area contributed by atoms with Crippen molar-refractivity contribution in [3.05, 3.63) is 45.6 Å². The van der Waals surface area contributed by atoms with Gasteiger partial charge in [-0.2, -0.15) is 5.10 Å². The van der Waals surface area contributed by atoms with Gasteiger partial charge in [-0.25, -0.2) is 0 Å². The molecule has 4 nitrogen and oxygen atoms in total. The van der Waals surface area contributed by atoms with Crippen molar-refractivity contribution in [2.75, 3.05) is 0 Å². The van der Waals surface area contributed by atoms with Crippen LogP contribution in [0.4, 0.5) is 0 Å². The van der Waals surface area contributed by atoms with E-state index in [4.69, 9.17) is 5.41 Å². The number of nitrogens with zero attached hydrogens (tertiary/aromatic N) is 1. The van der Waals surface area contributed by atoms with E-state index in [1.54, 1.807) is 6.20 Å². The molecule has 0 saturated carbocycles. The van der Waals surface area contributed by atoms with E-state index in [2.05, 4.69) is 38.1 Å². The fourth-order valence-corrected chi connectivity index (χ4v) is 1.57. The highest BCUT2D eigenvalue weighted by atomic mass is 127. The molecular formula is C10H9IN4. The van der Waals surface area contributed by atoms with Gasteiger partial charge in [-0.1, -0.05) is 6.08 Å². The van der Waals surface area contributed by atoms with E-state index in [0.717, 1.165) is 20.4 Å².